The summed E-state index contributed by atoms with van der Waals surface area (Å²) >= 11 is 2.43. The van der Waals surface area contributed by atoms with Crippen LogP contribution in [-0.4, -0.2) is 76.0 Å². The zero-order valence-corrected chi connectivity index (χ0v) is 13.6. The lowest BCUT2D eigenvalue weighted by molar-refractivity contribution is 0.0114. The van der Waals surface area contributed by atoms with E-state index in [1.807, 2.05) is 0 Å². The molecule has 2 aliphatic heterocycles. The first-order valence-corrected chi connectivity index (χ1v) is 8.20. The lowest BCUT2D eigenvalue weighted by Crippen LogP contribution is -2.58. The molecule has 2 fully saturated rings. The average Bonchev–Trinajstić information content (AvgIpc) is 2.40. The number of piperazine rings is 1. The summed E-state index contributed by atoms with van der Waals surface area (Å²) in [6, 6.07) is 1.10. The molecule has 106 valence electrons. The zero-order chi connectivity index (χ0) is 13.0. The van der Waals surface area contributed by atoms with Crippen molar-refractivity contribution in [2.75, 3.05) is 45.9 Å². The Hall–Kier alpha value is 0.570. The van der Waals surface area contributed by atoms with Crippen molar-refractivity contribution in [3.63, 3.8) is 0 Å². The Morgan fingerprint density at radius 2 is 1.89 bits per heavy atom. The maximum Gasteiger partial charge on any atom is 0.0599 e. The van der Waals surface area contributed by atoms with Crippen molar-refractivity contribution in [1.82, 2.24) is 12.9 Å². The van der Waals surface area contributed by atoms with Crippen LogP contribution in [0.15, 0.2) is 0 Å². The molecule has 0 aromatic heterocycles. The number of aliphatic hydroxyl groups is 1. The van der Waals surface area contributed by atoms with E-state index in [-0.39, 0.29) is 0 Å². The van der Waals surface area contributed by atoms with E-state index in [0.29, 0.717) is 12.6 Å². The van der Waals surface area contributed by atoms with Crippen LogP contribution in [0.5, 0.6) is 0 Å². The smallest absolute Gasteiger partial charge is 0.0599 e. The van der Waals surface area contributed by atoms with E-state index in [2.05, 4.69) is 42.7 Å². The standard InChI is InChI=1S/C13H26IN3O/c1-2-5-15-8-9-16(10-13(15)11-18)12-3-6-17(14)7-4-12/h12-13,18H,2-11H2,1H3. The van der Waals surface area contributed by atoms with Gasteiger partial charge in [-0.2, -0.15) is 0 Å². The van der Waals surface area contributed by atoms with Crippen LogP contribution in [0, 0.1) is 0 Å². The first-order valence-electron chi connectivity index (χ1n) is 7.24. The van der Waals surface area contributed by atoms with Gasteiger partial charge in [-0.1, -0.05) is 6.92 Å². The molecule has 1 atom stereocenters. The van der Waals surface area contributed by atoms with Crippen LogP contribution in [0.2, 0.25) is 0 Å². The summed E-state index contributed by atoms with van der Waals surface area (Å²) in [5.41, 5.74) is 0. The SMILES string of the molecule is CCCN1CCN(C2CCN(I)CC2)CC1CO. The highest BCUT2D eigenvalue weighted by atomic mass is 127. The monoisotopic (exact) mass is 367 g/mol. The third-order valence-electron chi connectivity index (χ3n) is 4.28. The number of piperidine rings is 1. The Morgan fingerprint density at radius 1 is 1.17 bits per heavy atom. The van der Waals surface area contributed by atoms with Gasteiger partial charge in [0, 0.05) is 67.7 Å². The Labute approximate surface area is 125 Å². The lowest BCUT2D eigenvalue weighted by atomic mass is 10.0. The molecule has 0 radical (unpaired) electrons. The summed E-state index contributed by atoms with van der Waals surface area (Å²) in [6.45, 7) is 9.45. The minimum absolute atomic E-state index is 0.307. The number of hydrogen-bond donors (Lipinski definition) is 1. The highest BCUT2D eigenvalue weighted by Gasteiger charge is 2.31. The van der Waals surface area contributed by atoms with Crippen LogP contribution in [0.1, 0.15) is 26.2 Å². The molecule has 0 aromatic carbocycles. The van der Waals surface area contributed by atoms with Crippen molar-refractivity contribution < 1.29 is 5.11 Å². The Bertz CT molecular complexity index is 246. The minimum atomic E-state index is 0.307. The minimum Gasteiger partial charge on any atom is -0.395 e. The van der Waals surface area contributed by atoms with Gasteiger partial charge in [0.15, 0.2) is 0 Å². The Balaban J connectivity index is 1.85. The van der Waals surface area contributed by atoms with Crippen molar-refractivity contribution in [2.45, 2.75) is 38.3 Å². The summed E-state index contributed by atoms with van der Waals surface area (Å²) in [4.78, 5) is 5.08. The molecule has 2 heterocycles. The van der Waals surface area contributed by atoms with Gasteiger partial charge in [0.05, 0.1) is 6.61 Å². The molecule has 4 nitrogen and oxygen atoms in total. The number of nitrogens with zero attached hydrogens (tertiary/aromatic N) is 3. The maximum atomic E-state index is 9.57. The van der Waals surface area contributed by atoms with Gasteiger partial charge in [-0.3, -0.25) is 9.80 Å². The molecule has 5 heteroatoms. The summed E-state index contributed by atoms with van der Waals surface area (Å²) in [5.74, 6) is 0. The molecule has 2 aliphatic rings. The van der Waals surface area contributed by atoms with E-state index in [0.717, 1.165) is 25.7 Å². The van der Waals surface area contributed by atoms with Crippen LogP contribution in [0.25, 0.3) is 0 Å². The number of rotatable bonds is 4. The maximum absolute atomic E-state index is 9.57. The number of aliphatic hydroxyl groups excluding tert-OH is 1. The van der Waals surface area contributed by atoms with Gasteiger partial charge >= 0.3 is 0 Å². The molecule has 0 saturated carbocycles. The summed E-state index contributed by atoms with van der Waals surface area (Å²) in [6.07, 6.45) is 3.76. The Kier molecular flexibility index (Phi) is 6.14. The Morgan fingerprint density at radius 3 is 2.50 bits per heavy atom. The van der Waals surface area contributed by atoms with E-state index in [9.17, 15) is 5.11 Å². The second kappa shape index (κ2) is 7.38. The van der Waals surface area contributed by atoms with Crippen molar-refractivity contribution >= 4 is 22.9 Å². The predicted octanol–water partition coefficient (Wildman–Crippen LogP) is 1.19. The molecule has 0 aromatic rings. The summed E-state index contributed by atoms with van der Waals surface area (Å²) in [5, 5.41) is 9.57. The largest absolute Gasteiger partial charge is 0.395 e. The zero-order valence-electron chi connectivity index (χ0n) is 11.4. The van der Waals surface area contributed by atoms with Crippen LogP contribution in [-0.2, 0) is 0 Å². The molecular formula is C13H26IN3O. The molecule has 0 spiro atoms. The van der Waals surface area contributed by atoms with Gasteiger partial charge in [-0.15, -0.1) is 0 Å². The van der Waals surface area contributed by atoms with E-state index in [1.54, 1.807) is 0 Å². The quantitative estimate of drug-likeness (QED) is 0.597. The molecular weight excluding hydrogens is 341 g/mol. The summed E-state index contributed by atoms with van der Waals surface area (Å²) in [7, 11) is 0. The second-order valence-corrected chi connectivity index (χ2v) is 6.87. The third-order valence-corrected chi connectivity index (χ3v) is 5.25. The highest BCUT2D eigenvalue weighted by molar-refractivity contribution is 14.1. The normalized spacial score (nSPS) is 29.8. The molecule has 0 amide bonds. The van der Waals surface area contributed by atoms with Gasteiger partial charge in [0.2, 0.25) is 0 Å². The van der Waals surface area contributed by atoms with Crippen molar-refractivity contribution in [3.8, 4) is 0 Å². The highest BCUT2D eigenvalue weighted by Crippen LogP contribution is 2.22. The molecule has 0 aliphatic carbocycles. The first kappa shape index (κ1) is 15.0. The van der Waals surface area contributed by atoms with Gasteiger partial charge < -0.3 is 5.11 Å². The molecule has 2 rings (SSSR count). The molecule has 18 heavy (non-hydrogen) atoms. The lowest BCUT2D eigenvalue weighted by Gasteiger charge is -2.45. The van der Waals surface area contributed by atoms with E-state index < -0.39 is 0 Å². The molecule has 1 N–H and O–H groups in total. The fraction of sp³-hybridized carbons (Fsp3) is 1.00. The third kappa shape index (κ3) is 3.79. The van der Waals surface area contributed by atoms with Crippen molar-refractivity contribution in [2.24, 2.45) is 0 Å². The van der Waals surface area contributed by atoms with Crippen LogP contribution in [0.3, 0.4) is 0 Å². The molecule has 1 unspecified atom stereocenters. The summed E-state index contributed by atoms with van der Waals surface area (Å²) < 4.78 is 2.39. The topological polar surface area (TPSA) is 30.0 Å². The average molecular weight is 367 g/mol. The van der Waals surface area contributed by atoms with E-state index >= 15 is 0 Å². The van der Waals surface area contributed by atoms with Crippen LogP contribution < -0.4 is 0 Å². The second-order valence-electron chi connectivity index (χ2n) is 5.51. The fourth-order valence-electron chi connectivity index (χ4n) is 3.20. The van der Waals surface area contributed by atoms with Gasteiger partial charge in [-0.25, -0.2) is 3.11 Å². The van der Waals surface area contributed by atoms with Gasteiger partial charge in [0.1, 0.15) is 0 Å². The van der Waals surface area contributed by atoms with Crippen molar-refractivity contribution in [3.05, 3.63) is 0 Å². The van der Waals surface area contributed by atoms with Gasteiger partial charge in [-0.05, 0) is 25.8 Å². The van der Waals surface area contributed by atoms with Crippen LogP contribution >= 0.6 is 22.9 Å². The van der Waals surface area contributed by atoms with Crippen LogP contribution in [0.4, 0.5) is 0 Å². The van der Waals surface area contributed by atoms with Crippen molar-refractivity contribution in [1.29, 1.82) is 0 Å². The van der Waals surface area contributed by atoms with E-state index in [4.69, 9.17) is 0 Å². The number of hydrogen-bond acceptors (Lipinski definition) is 4. The fourth-order valence-corrected chi connectivity index (χ4v) is 3.76. The molecule has 2 saturated heterocycles. The predicted molar refractivity (Wildman–Crippen MR) is 82.9 cm³/mol. The molecule has 0 bridgehead atoms. The van der Waals surface area contributed by atoms with E-state index in [1.165, 1.54) is 38.9 Å². The first-order chi connectivity index (χ1) is 8.74. The number of halogens is 1. The van der Waals surface area contributed by atoms with Gasteiger partial charge in [0.25, 0.3) is 0 Å².